The third-order valence-corrected chi connectivity index (χ3v) is 8.47. The van der Waals surface area contributed by atoms with Gasteiger partial charge in [0.25, 0.3) is 0 Å². The highest BCUT2D eigenvalue weighted by molar-refractivity contribution is 7.88. The van der Waals surface area contributed by atoms with Crippen LogP contribution < -0.4 is 0 Å². The Balaban J connectivity index is 1.77. The number of likely N-dealkylation sites (N-methyl/N-ethyl adjacent to an activating group) is 1. The average Bonchev–Trinajstić information content (AvgIpc) is 3.43. The summed E-state index contributed by atoms with van der Waals surface area (Å²) in [5, 5.41) is 9.24. The summed E-state index contributed by atoms with van der Waals surface area (Å²) in [6.07, 6.45) is -2.67. The zero-order chi connectivity index (χ0) is 32.2. The van der Waals surface area contributed by atoms with Crippen LogP contribution in [0, 0.1) is 17.1 Å². The van der Waals surface area contributed by atoms with Gasteiger partial charge in [-0.3, -0.25) is 4.79 Å². The molecule has 0 saturated carbocycles. The molecule has 1 aromatic heterocycles. The molecule has 230 valence electrons. The van der Waals surface area contributed by atoms with Gasteiger partial charge in [-0.05, 0) is 48.9 Å². The van der Waals surface area contributed by atoms with E-state index in [0.717, 1.165) is 22.2 Å². The van der Waals surface area contributed by atoms with Crippen molar-refractivity contribution in [1.82, 2.24) is 18.8 Å². The summed E-state index contributed by atoms with van der Waals surface area (Å²) in [4.78, 5) is 19.9. The van der Waals surface area contributed by atoms with Crippen LogP contribution in [-0.4, -0.2) is 59.5 Å². The number of imidazole rings is 1. The number of rotatable bonds is 10. The Morgan fingerprint density at radius 2 is 1.70 bits per heavy atom. The predicted molar refractivity (Wildman–Crippen MR) is 156 cm³/mol. The van der Waals surface area contributed by atoms with Crippen LogP contribution >= 0.6 is 0 Å². The van der Waals surface area contributed by atoms with Crippen LogP contribution in [0.25, 0.3) is 16.9 Å². The van der Waals surface area contributed by atoms with E-state index in [0.29, 0.717) is 34.9 Å². The molecule has 44 heavy (non-hydrogen) atoms. The number of sulfonamides is 1. The zero-order valence-corrected chi connectivity index (χ0v) is 24.9. The number of benzene rings is 3. The van der Waals surface area contributed by atoms with E-state index in [4.69, 9.17) is 4.98 Å². The van der Waals surface area contributed by atoms with Gasteiger partial charge in [-0.25, -0.2) is 22.1 Å². The van der Waals surface area contributed by atoms with Crippen molar-refractivity contribution in [1.29, 1.82) is 5.26 Å². The Bertz CT molecular complexity index is 1780. The number of hydrogen-bond acceptors (Lipinski definition) is 5. The first kappa shape index (κ1) is 32.4. The van der Waals surface area contributed by atoms with E-state index in [1.807, 2.05) is 30.3 Å². The van der Waals surface area contributed by atoms with Crippen molar-refractivity contribution in [3.8, 4) is 23.0 Å². The first-order valence-corrected chi connectivity index (χ1v) is 15.3. The molecule has 3 aromatic carbocycles. The van der Waals surface area contributed by atoms with Gasteiger partial charge in [0, 0.05) is 37.6 Å². The molecule has 1 amide bonds. The fourth-order valence-electron chi connectivity index (χ4n) is 4.60. The first-order valence-electron chi connectivity index (χ1n) is 13.4. The molecule has 0 N–H and O–H groups in total. The fourth-order valence-corrected chi connectivity index (χ4v) is 5.02. The largest absolute Gasteiger partial charge is 0.419 e. The van der Waals surface area contributed by atoms with Crippen LogP contribution in [0.3, 0.4) is 0 Å². The van der Waals surface area contributed by atoms with Gasteiger partial charge in [0.15, 0.2) is 0 Å². The van der Waals surface area contributed by atoms with E-state index in [2.05, 4.69) is 6.07 Å². The van der Waals surface area contributed by atoms with E-state index < -0.39 is 46.0 Å². The normalized spacial score (nSPS) is 12.6. The highest BCUT2D eigenvalue weighted by Crippen LogP contribution is 2.33. The maximum Gasteiger partial charge on any atom is 0.419 e. The molecule has 0 aliphatic rings. The van der Waals surface area contributed by atoms with Crippen molar-refractivity contribution in [2.75, 3.05) is 26.4 Å². The van der Waals surface area contributed by atoms with Crippen molar-refractivity contribution in [2.45, 2.75) is 25.6 Å². The van der Waals surface area contributed by atoms with Crippen molar-refractivity contribution >= 4 is 15.9 Å². The summed E-state index contributed by atoms with van der Waals surface area (Å²) in [5.41, 5.74) is 0.889. The number of carbonyl (C=O) groups excluding carboxylic acids is 1. The monoisotopic (exact) mass is 627 g/mol. The van der Waals surface area contributed by atoms with Crippen LogP contribution in [0.15, 0.2) is 79.0 Å². The number of nitrogens with zero attached hydrogens (tertiary/aromatic N) is 5. The van der Waals surface area contributed by atoms with Gasteiger partial charge < -0.3 is 9.47 Å². The smallest absolute Gasteiger partial charge is 0.331 e. The predicted octanol–water partition coefficient (Wildman–Crippen LogP) is 5.59. The Morgan fingerprint density at radius 1 is 1.05 bits per heavy atom. The summed E-state index contributed by atoms with van der Waals surface area (Å²) < 4.78 is 81.0. The lowest BCUT2D eigenvalue weighted by atomic mass is 10.1. The van der Waals surface area contributed by atoms with Crippen molar-refractivity contribution in [3.63, 3.8) is 0 Å². The molecule has 0 fully saturated rings. The fraction of sp³-hybridized carbons (Fsp3) is 0.258. The van der Waals surface area contributed by atoms with Gasteiger partial charge in [-0.15, -0.1) is 0 Å². The minimum absolute atomic E-state index is 0.0576. The molecule has 8 nitrogen and oxygen atoms in total. The molecule has 0 spiro atoms. The molecule has 1 heterocycles. The quantitative estimate of drug-likeness (QED) is 0.214. The number of nitriles is 1. The summed E-state index contributed by atoms with van der Waals surface area (Å²) in [6, 6.07) is 19.6. The number of hydrogen-bond donors (Lipinski definition) is 0. The lowest BCUT2D eigenvalue weighted by Crippen LogP contribution is -2.42. The van der Waals surface area contributed by atoms with Crippen LogP contribution in [0.5, 0.6) is 0 Å². The first-order chi connectivity index (χ1) is 20.7. The summed E-state index contributed by atoms with van der Waals surface area (Å²) >= 11 is 0. The minimum Gasteiger partial charge on any atom is -0.331 e. The van der Waals surface area contributed by atoms with E-state index in [1.54, 1.807) is 42.0 Å². The topological polar surface area (TPSA) is 99.3 Å². The molecular formula is C31H29F4N5O3S. The maximum absolute atomic E-state index is 13.9. The van der Waals surface area contributed by atoms with Crippen LogP contribution in [0.1, 0.15) is 35.5 Å². The highest BCUT2D eigenvalue weighted by Gasteiger charge is 2.35. The van der Waals surface area contributed by atoms with Gasteiger partial charge >= 0.3 is 6.18 Å². The number of alkyl halides is 3. The van der Waals surface area contributed by atoms with Crippen molar-refractivity contribution < 1.29 is 30.8 Å². The maximum atomic E-state index is 13.9. The van der Waals surface area contributed by atoms with Crippen molar-refractivity contribution in [3.05, 3.63) is 107 Å². The number of carbonyl (C=O) groups is 1. The lowest BCUT2D eigenvalue weighted by Gasteiger charge is -2.31. The molecule has 0 aliphatic heterocycles. The van der Waals surface area contributed by atoms with E-state index in [1.165, 1.54) is 11.9 Å². The van der Waals surface area contributed by atoms with Gasteiger partial charge in [0.2, 0.25) is 15.9 Å². The number of amides is 1. The van der Waals surface area contributed by atoms with Crippen molar-refractivity contribution in [2.24, 2.45) is 0 Å². The molecule has 0 aliphatic carbocycles. The lowest BCUT2D eigenvalue weighted by molar-refractivity contribution is -0.140. The summed E-state index contributed by atoms with van der Waals surface area (Å²) in [7, 11) is -2.26. The van der Waals surface area contributed by atoms with Crippen LogP contribution in [0.4, 0.5) is 17.6 Å². The van der Waals surface area contributed by atoms with Crippen LogP contribution in [-0.2, 0) is 27.4 Å². The SMILES string of the molecule is C[C@H](c1nc(-c2ccccc2)cn1-c1ccc(C#N)cc1)N(CCN(C)S(C)(=O)=O)C(=O)Cc1ccc(F)c(C(F)(F)F)c1. The highest BCUT2D eigenvalue weighted by atomic mass is 32.2. The zero-order valence-electron chi connectivity index (χ0n) is 24.1. The van der Waals surface area contributed by atoms with E-state index in [-0.39, 0.29) is 18.7 Å². The Labute approximate surface area is 252 Å². The second-order valence-electron chi connectivity index (χ2n) is 10.2. The molecule has 0 unspecified atom stereocenters. The molecule has 0 radical (unpaired) electrons. The third-order valence-electron chi connectivity index (χ3n) is 7.15. The minimum atomic E-state index is -4.95. The molecule has 0 bridgehead atoms. The van der Waals surface area contributed by atoms with Crippen LogP contribution in [0.2, 0.25) is 0 Å². The molecule has 4 rings (SSSR count). The van der Waals surface area contributed by atoms with Gasteiger partial charge in [-0.1, -0.05) is 36.4 Å². The van der Waals surface area contributed by atoms with Gasteiger partial charge in [0.1, 0.15) is 11.6 Å². The van der Waals surface area contributed by atoms with E-state index >= 15 is 0 Å². The Hall–Kier alpha value is -4.54. The number of halogens is 4. The molecule has 4 aromatic rings. The molecule has 0 saturated heterocycles. The molecular weight excluding hydrogens is 598 g/mol. The van der Waals surface area contributed by atoms with E-state index in [9.17, 15) is 36.0 Å². The molecule has 1 atom stereocenters. The summed E-state index contributed by atoms with van der Waals surface area (Å²) in [5.74, 6) is -1.68. The number of aromatic nitrogens is 2. The second-order valence-corrected chi connectivity index (χ2v) is 12.3. The third kappa shape index (κ3) is 7.50. The van der Waals surface area contributed by atoms with Gasteiger partial charge in [0.05, 0.1) is 41.6 Å². The summed E-state index contributed by atoms with van der Waals surface area (Å²) in [6.45, 7) is 1.47. The average molecular weight is 628 g/mol. The van der Waals surface area contributed by atoms with Gasteiger partial charge in [-0.2, -0.15) is 18.4 Å². The molecule has 13 heteroatoms. The Kier molecular flexibility index (Phi) is 9.56. The standard InChI is InChI=1S/C31H29F4N5O3S/c1-21(30-37-28(24-7-5-4-6-8-24)20-40(30)25-12-9-22(19-36)10-13-25)39(16-15-38(2)44(3,42)43)29(41)18-23-11-14-27(32)26(17-23)31(33,34)35/h4-14,17,20-21H,15-16,18H2,1-3H3/t21-/m1/s1. The second kappa shape index (κ2) is 13.0. The Morgan fingerprint density at radius 3 is 2.30 bits per heavy atom.